The number of fused-ring (bicyclic) bond motifs is 1. The number of ether oxygens (including phenoxy) is 2. The van der Waals surface area contributed by atoms with Gasteiger partial charge in [0.2, 0.25) is 0 Å². The number of methoxy groups -OCH3 is 1. The first-order valence-electron chi connectivity index (χ1n) is 8.50. The fraction of sp³-hybridized carbons (Fsp3) is 0.0476. The Morgan fingerprint density at radius 2 is 1.93 bits per heavy atom. The molecule has 4 rings (SSSR count). The van der Waals surface area contributed by atoms with E-state index in [0.717, 1.165) is 22.3 Å². The fourth-order valence-electron chi connectivity index (χ4n) is 2.84. The lowest BCUT2D eigenvalue weighted by molar-refractivity contribution is 0.215. The molecule has 0 bridgehead atoms. The third kappa shape index (κ3) is 3.77. The summed E-state index contributed by atoms with van der Waals surface area (Å²) in [6, 6.07) is 19.6. The van der Waals surface area contributed by atoms with Gasteiger partial charge in [-0.15, -0.1) is 0 Å². The topological polar surface area (TPSA) is 76.2 Å². The van der Waals surface area contributed by atoms with E-state index in [1.807, 2.05) is 24.3 Å². The average Bonchev–Trinajstić information content (AvgIpc) is 3.11. The Bertz CT molecular complexity index is 1160. The Hall–Kier alpha value is -3.51. The predicted molar refractivity (Wildman–Crippen MR) is 109 cm³/mol. The lowest BCUT2D eigenvalue weighted by Gasteiger charge is -2.06. The maximum absolute atomic E-state index is 12.1. The summed E-state index contributed by atoms with van der Waals surface area (Å²) in [6.45, 7) is 0. The molecular weight excluding hydrogens is 378 g/mol. The zero-order valence-electron chi connectivity index (χ0n) is 14.9. The van der Waals surface area contributed by atoms with Gasteiger partial charge in [-0.05, 0) is 42.5 Å². The maximum Gasteiger partial charge on any atom is 0.417 e. The molecule has 1 aromatic heterocycles. The summed E-state index contributed by atoms with van der Waals surface area (Å²) in [6.07, 6.45) is -0.605. The van der Waals surface area contributed by atoms with E-state index >= 15 is 0 Å². The van der Waals surface area contributed by atoms with Crippen molar-refractivity contribution in [3.63, 3.8) is 0 Å². The van der Waals surface area contributed by atoms with Crippen LogP contribution in [0.2, 0.25) is 5.02 Å². The lowest BCUT2D eigenvalue weighted by Crippen LogP contribution is -2.16. The molecule has 28 heavy (non-hydrogen) atoms. The summed E-state index contributed by atoms with van der Waals surface area (Å²) < 4.78 is 10.8. The van der Waals surface area contributed by atoms with E-state index in [1.165, 1.54) is 0 Å². The van der Waals surface area contributed by atoms with Crippen LogP contribution < -0.4 is 14.8 Å². The average molecular weight is 394 g/mol. The van der Waals surface area contributed by atoms with Gasteiger partial charge in [-0.25, -0.2) is 9.78 Å². The SMILES string of the molecule is COc1ccccc1-c1nc2ccc(OC(=O)Nc3cccc(Cl)c3)cc2[nH]1. The van der Waals surface area contributed by atoms with Crippen LogP contribution in [0.3, 0.4) is 0 Å². The Morgan fingerprint density at radius 3 is 2.75 bits per heavy atom. The van der Waals surface area contributed by atoms with Crippen LogP contribution in [0.25, 0.3) is 22.4 Å². The minimum atomic E-state index is -0.605. The molecule has 3 aromatic carbocycles. The maximum atomic E-state index is 12.1. The van der Waals surface area contributed by atoms with E-state index in [-0.39, 0.29) is 0 Å². The van der Waals surface area contributed by atoms with Gasteiger partial charge in [0, 0.05) is 16.8 Å². The van der Waals surface area contributed by atoms with E-state index in [0.29, 0.717) is 22.3 Å². The zero-order chi connectivity index (χ0) is 19.5. The molecule has 2 N–H and O–H groups in total. The van der Waals surface area contributed by atoms with E-state index in [4.69, 9.17) is 21.1 Å². The number of nitrogens with zero attached hydrogens (tertiary/aromatic N) is 1. The molecule has 0 atom stereocenters. The second-order valence-electron chi connectivity index (χ2n) is 5.99. The number of para-hydroxylation sites is 1. The van der Waals surface area contributed by atoms with Gasteiger partial charge >= 0.3 is 6.09 Å². The Morgan fingerprint density at radius 1 is 1.07 bits per heavy atom. The van der Waals surface area contributed by atoms with E-state index in [2.05, 4.69) is 15.3 Å². The third-order valence-electron chi connectivity index (χ3n) is 4.10. The molecule has 1 amide bonds. The summed E-state index contributed by atoms with van der Waals surface area (Å²) >= 11 is 5.92. The number of halogens is 1. The molecule has 0 unspecified atom stereocenters. The lowest BCUT2D eigenvalue weighted by atomic mass is 10.2. The van der Waals surface area contributed by atoms with Gasteiger partial charge in [0.25, 0.3) is 0 Å². The van der Waals surface area contributed by atoms with Gasteiger partial charge in [0.15, 0.2) is 0 Å². The molecule has 0 spiro atoms. The number of benzene rings is 3. The number of amides is 1. The quantitative estimate of drug-likeness (QED) is 0.479. The molecule has 6 nitrogen and oxygen atoms in total. The van der Waals surface area contributed by atoms with Crippen LogP contribution in [0.1, 0.15) is 0 Å². The summed E-state index contributed by atoms with van der Waals surface area (Å²) in [5.74, 6) is 1.79. The number of hydrogen-bond donors (Lipinski definition) is 2. The number of imidazole rings is 1. The minimum Gasteiger partial charge on any atom is -0.496 e. The normalized spacial score (nSPS) is 10.6. The highest BCUT2D eigenvalue weighted by molar-refractivity contribution is 6.30. The van der Waals surface area contributed by atoms with E-state index in [9.17, 15) is 4.79 Å². The largest absolute Gasteiger partial charge is 0.496 e. The van der Waals surface area contributed by atoms with Gasteiger partial charge in [0.1, 0.15) is 17.3 Å². The number of hydrogen-bond acceptors (Lipinski definition) is 4. The van der Waals surface area contributed by atoms with Crippen LogP contribution in [0.5, 0.6) is 11.5 Å². The number of aromatic nitrogens is 2. The Balaban J connectivity index is 1.55. The molecule has 0 saturated carbocycles. The highest BCUT2D eigenvalue weighted by Gasteiger charge is 2.12. The van der Waals surface area contributed by atoms with Crippen LogP contribution >= 0.6 is 11.6 Å². The Kier molecular flexibility index (Phi) is 4.87. The summed E-state index contributed by atoms with van der Waals surface area (Å²) in [5.41, 5.74) is 2.90. The van der Waals surface area contributed by atoms with E-state index in [1.54, 1.807) is 49.6 Å². The summed E-state index contributed by atoms with van der Waals surface area (Å²) in [5, 5.41) is 3.17. The number of carbonyl (C=O) groups is 1. The third-order valence-corrected chi connectivity index (χ3v) is 4.33. The van der Waals surface area contributed by atoms with Crippen molar-refractivity contribution in [2.75, 3.05) is 12.4 Å². The monoisotopic (exact) mass is 393 g/mol. The molecular formula is C21H16ClN3O3. The number of anilines is 1. The van der Waals surface area contributed by atoms with Gasteiger partial charge in [-0.2, -0.15) is 0 Å². The van der Waals surface area contributed by atoms with Crippen molar-refractivity contribution in [2.24, 2.45) is 0 Å². The number of aromatic amines is 1. The molecule has 0 aliphatic rings. The number of H-pyrrole nitrogens is 1. The van der Waals surface area contributed by atoms with Gasteiger partial charge < -0.3 is 14.5 Å². The molecule has 4 aromatic rings. The molecule has 7 heteroatoms. The van der Waals surface area contributed by atoms with Crippen molar-refractivity contribution >= 4 is 34.4 Å². The summed E-state index contributed by atoms with van der Waals surface area (Å²) in [4.78, 5) is 19.9. The van der Waals surface area contributed by atoms with Crippen molar-refractivity contribution in [3.8, 4) is 22.9 Å². The number of nitrogens with one attached hydrogen (secondary N) is 2. The number of carbonyl (C=O) groups excluding carboxylic acids is 1. The van der Waals surface area contributed by atoms with Gasteiger partial charge in [0.05, 0.1) is 23.7 Å². The molecule has 0 aliphatic carbocycles. The van der Waals surface area contributed by atoms with Gasteiger partial charge in [-0.3, -0.25) is 5.32 Å². The van der Waals surface area contributed by atoms with Crippen molar-refractivity contribution in [3.05, 3.63) is 71.8 Å². The second kappa shape index (κ2) is 7.62. The minimum absolute atomic E-state index is 0.391. The second-order valence-corrected chi connectivity index (χ2v) is 6.43. The number of rotatable bonds is 4. The summed E-state index contributed by atoms with van der Waals surface area (Å²) in [7, 11) is 1.62. The van der Waals surface area contributed by atoms with Crippen LogP contribution in [-0.4, -0.2) is 23.2 Å². The smallest absolute Gasteiger partial charge is 0.417 e. The van der Waals surface area contributed by atoms with Crippen molar-refractivity contribution in [1.29, 1.82) is 0 Å². The van der Waals surface area contributed by atoms with Gasteiger partial charge in [-0.1, -0.05) is 29.8 Å². The van der Waals surface area contributed by atoms with Crippen molar-refractivity contribution < 1.29 is 14.3 Å². The molecule has 0 fully saturated rings. The Labute approximate surface area is 166 Å². The van der Waals surface area contributed by atoms with Crippen LogP contribution in [0.15, 0.2) is 66.7 Å². The first-order valence-corrected chi connectivity index (χ1v) is 8.88. The fourth-order valence-corrected chi connectivity index (χ4v) is 3.03. The first kappa shape index (κ1) is 17.9. The first-order chi connectivity index (χ1) is 13.6. The van der Waals surface area contributed by atoms with Crippen LogP contribution in [-0.2, 0) is 0 Å². The van der Waals surface area contributed by atoms with Crippen LogP contribution in [0, 0.1) is 0 Å². The predicted octanol–water partition coefficient (Wildman–Crippen LogP) is 5.50. The van der Waals surface area contributed by atoms with Crippen molar-refractivity contribution in [1.82, 2.24) is 9.97 Å². The van der Waals surface area contributed by atoms with Crippen molar-refractivity contribution in [2.45, 2.75) is 0 Å². The molecule has 140 valence electrons. The standard InChI is InChI=1S/C21H16ClN3O3/c1-27-19-8-3-2-7-16(19)20-24-17-10-9-15(12-18(17)25-20)28-21(26)23-14-6-4-5-13(22)11-14/h2-12H,1H3,(H,23,26)(H,24,25). The molecule has 0 saturated heterocycles. The van der Waals surface area contributed by atoms with E-state index < -0.39 is 6.09 Å². The molecule has 0 radical (unpaired) electrons. The highest BCUT2D eigenvalue weighted by Crippen LogP contribution is 2.30. The van der Waals surface area contributed by atoms with Crippen LogP contribution in [0.4, 0.5) is 10.5 Å². The zero-order valence-corrected chi connectivity index (χ0v) is 15.7. The highest BCUT2D eigenvalue weighted by atomic mass is 35.5. The molecule has 1 heterocycles. The molecule has 0 aliphatic heterocycles.